The highest BCUT2D eigenvalue weighted by atomic mass is 79.9. The molecule has 190 valence electrons. The Bertz CT molecular complexity index is 1530. The van der Waals surface area contributed by atoms with E-state index in [1.165, 1.54) is 18.0 Å². The number of aromatic nitrogens is 2. The smallest absolute Gasteiger partial charge is 0.282 e. The fraction of sp³-hybridized carbons (Fsp3) is 0.214. The number of para-hydroxylation sites is 2. The molecule has 8 nitrogen and oxygen atoms in total. The molecule has 0 bridgehead atoms. The quantitative estimate of drug-likeness (QED) is 0.306. The van der Waals surface area contributed by atoms with Crippen LogP contribution in [0.4, 0.5) is 5.69 Å². The van der Waals surface area contributed by atoms with E-state index < -0.39 is 5.41 Å². The molecule has 0 saturated heterocycles. The average Bonchev–Trinajstić information content (AvgIpc) is 2.87. The van der Waals surface area contributed by atoms with Crippen LogP contribution in [0, 0.1) is 0 Å². The van der Waals surface area contributed by atoms with Crippen LogP contribution in [-0.2, 0) is 10.2 Å². The van der Waals surface area contributed by atoms with Gasteiger partial charge in [0.1, 0.15) is 5.82 Å². The summed E-state index contributed by atoms with van der Waals surface area (Å²) in [6, 6.07) is 19.8. The molecule has 4 rings (SSSR count). The van der Waals surface area contributed by atoms with Crippen LogP contribution in [0.25, 0.3) is 10.9 Å². The summed E-state index contributed by atoms with van der Waals surface area (Å²) in [7, 11) is 1.51. The van der Waals surface area contributed by atoms with Crippen LogP contribution in [0.1, 0.15) is 32.2 Å². The molecule has 1 aromatic heterocycles. The van der Waals surface area contributed by atoms with Gasteiger partial charge in [0.25, 0.3) is 11.5 Å². The van der Waals surface area contributed by atoms with Crippen LogP contribution in [0.3, 0.4) is 0 Å². The lowest BCUT2D eigenvalue weighted by atomic mass is 9.95. The van der Waals surface area contributed by atoms with E-state index >= 15 is 0 Å². The number of rotatable bonds is 7. The van der Waals surface area contributed by atoms with Gasteiger partial charge in [-0.25, -0.2) is 4.98 Å². The zero-order chi connectivity index (χ0) is 26.6. The number of carbonyl (C=O) groups excluding carboxylic acids is 1. The van der Waals surface area contributed by atoms with Crippen molar-refractivity contribution >= 4 is 44.6 Å². The van der Waals surface area contributed by atoms with Crippen molar-refractivity contribution in [1.29, 1.82) is 0 Å². The first-order valence-electron chi connectivity index (χ1n) is 11.6. The fourth-order valence-electron chi connectivity index (χ4n) is 3.67. The van der Waals surface area contributed by atoms with Gasteiger partial charge in [0.2, 0.25) is 0 Å². The van der Waals surface area contributed by atoms with Gasteiger partial charge in [-0.3, -0.25) is 9.59 Å². The topological polar surface area (TPSA) is 94.8 Å². The summed E-state index contributed by atoms with van der Waals surface area (Å²) < 4.78 is 13.4. The zero-order valence-corrected chi connectivity index (χ0v) is 22.6. The molecule has 0 saturated carbocycles. The third-order valence-corrected chi connectivity index (χ3v) is 5.92. The monoisotopic (exact) mass is 562 g/mol. The molecule has 0 spiro atoms. The molecule has 1 amide bonds. The Labute approximate surface area is 223 Å². The van der Waals surface area contributed by atoms with Crippen molar-refractivity contribution in [1.82, 2.24) is 9.66 Å². The summed E-state index contributed by atoms with van der Waals surface area (Å²) in [6.07, 6.45) is 1.51. The maximum atomic E-state index is 13.4. The van der Waals surface area contributed by atoms with Gasteiger partial charge in [-0.1, -0.05) is 61.0 Å². The van der Waals surface area contributed by atoms with E-state index in [1.807, 2.05) is 45.0 Å². The van der Waals surface area contributed by atoms with Gasteiger partial charge < -0.3 is 14.8 Å². The molecule has 0 aliphatic heterocycles. The number of ether oxygens (including phenoxy) is 2. The van der Waals surface area contributed by atoms with E-state index in [1.54, 1.807) is 42.5 Å². The predicted molar refractivity (Wildman–Crippen MR) is 149 cm³/mol. The summed E-state index contributed by atoms with van der Waals surface area (Å²) in [5.74, 6) is 0.950. The lowest BCUT2D eigenvalue weighted by Gasteiger charge is -2.21. The van der Waals surface area contributed by atoms with Gasteiger partial charge in [0.15, 0.2) is 18.1 Å². The van der Waals surface area contributed by atoms with Crippen molar-refractivity contribution in [3.63, 3.8) is 0 Å². The van der Waals surface area contributed by atoms with E-state index in [2.05, 4.69) is 26.3 Å². The minimum atomic E-state index is -0.457. The van der Waals surface area contributed by atoms with Crippen LogP contribution < -0.4 is 20.3 Å². The number of hydrogen-bond donors (Lipinski definition) is 1. The van der Waals surface area contributed by atoms with Gasteiger partial charge in [0.05, 0.1) is 24.2 Å². The number of nitrogens with one attached hydrogen (secondary N) is 1. The van der Waals surface area contributed by atoms with Gasteiger partial charge in [-0.15, -0.1) is 0 Å². The second-order valence-corrected chi connectivity index (χ2v) is 10.2. The Morgan fingerprint density at radius 2 is 1.86 bits per heavy atom. The third-order valence-electron chi connectivity index (χ3n) is 5.43. The second-order valence-electron chi connectivity index (χ2n) is 9.29. The number of fused-ring (bicyclic) bond motifs is 1. The maximum Gasteiger partial charge on any atom is 0.282 e. The Morgan fingerprint density at radius 1 is 1.11 bits per heavy atom. The first-order valence-corrected chi connectivity index (χ1v) is 12.4. The first kappa shape index (κ1) is 26.1. The normalized spacial score (nSPS) is 11.6. The average molecular weight is 563 g/mol. The number of nitrogens with zero attached hydrogens (tertiary/aromatic N) is 3. The van der Waals surface area contributed by atoms with Gasteiger partial charge in [-0.05, 0) is 42.5 Å². The molecular weight excluding hydrogens is 536 g/mol. The van der Waals surface area contributed by atoms with Gasteiger partial charge >= 0.3 is 0 Å². The van der Waals surface area contributed by atoms with Crippen LogP contribution in [0.2, 0.25) is 0 Å². The van der Waals surface area contributed by atoms with Crippen molar-refractivity contribution in [2.45, 2.75) is 26.2 Å². The Kier molecular flexibility index (Phi) is 7.73. The fourth-order valence-corrected chi connectivity index (χ4v) is 4.03. The number of carbonyl (C=O) groups is 1. The van der Waals surface area contributed by atoms with Crippen LogP contribution in [0.15, 0.2) is 81.1 Å². The molecular formula is C28H27BrN4O4. The third kappa shape index (κ3) is 6.06. The summed E-state index contributed by atoms with van der Waals surface area (Å²) in [4.78, 5) is 30.6. The summed E-state index contributed by atoms with van der Waals surface area (Å²) >= 11 is 3.42. The molecule has 0 radical (unpaired) electrons. The molecule has 3 aromatic carbocycles. The highest BCUT2D eigenvalue weighted by Gasteiger charge is 2.23. The minimum absolute atomic E-state index is 0.241. The number of methoxy groups -OCH3 is 1. The molecule has 0 atom stereocenters. The van der Waals surface area contributed by atoms with Gasteiger partial charge in [0, 0.05) is 21.1 Å². The molecule has 4 aromatic rings. The number of amides is 1. The lowest BCUT2D eigenvalue weighted by molar-refractivity contribution is -0.118. The lowest BCUT2D eigenvalue weighted by Crippen LogP contribution is -2.29. The van der Waals surface area contributed by atoms with Crippen LogP contribution in [-0.4, -0.2) is 35.5 Å². The molecule has 0 aliphatic rings. The SMILES string of the molecule is COc1cccc(C=Nn2c(C(C)(C)C)nc3ccc(Br)cc3c2=O)c1OCC(=O)Nc1ccccc1. The largest absolute Gasteiger partial charge is 0.493 e. The highest BCUT2D eigenvalue weighted by Crippen LogP contribution is 2.30. The maximum absolute atomic E-state index is 13.4. The number of anilines is 1. The van der Waals surface area contributed by atoms with E-state index in [0.717, 1.165) is 4.47 Å². The summed E-state index contributed by atoms with van der Waals surface area (Å²) in [6.45, 7) is 5.67. The summed E-state index contributed by atoms with van der Waals surface area (Å²) in [5.41, 5.74) is 1.05. The minimum Gasteiger partial charge on any atom is -0.493 e. The van der Waals surface area contributed by atoms with Crippen molar-refractivity contribution in [2.75, 3.05) is 19.0 Å². The van der Waals surface area contributed by atoms with E-state index in [4.69, 9.17) is 14.5 Å². The second kappa shape index (κ2) is 11.0. The number of benzene rings is 3. The van der Waals surface area contributed by atoms with E-state index in [-0.39, 0.29) is 18.1 Å². The van der Waals surface area contributed by atoms with Crippen LogP contribution >= 0.6 is 15.9 Å². The van der Waals surface area contributed by atoms with Crippen molar-refractivity contribution in [2.24, 2.45) is 5.10 Å². The zero-order valence-electron chi connectivity index (χ0n) is 21.0. The Balaban J connectivity index is 1.70. The van der Waals surface area contributed by atoms with E-state index in [0.29, 0.717) is 39.5 Å². The number of hydrogen-bond acceptors (Lipinski definition) is 6. The Morgan fingerprint density at radius 3 is 2.57 bits per heavy atom. The first-order chi connectivity index (χ1) is 17.7. The molecule has 0 fully saturated rings. The summed E-state index contributed by atoms with van der Waals surface area (Å²) in [5, 5.41) is 7.75. The highest BCUT2D eigenvalue weighted by molar-refractivity contribution is 9.10. The van der Waals surface area contributed by atoms with Crippen molar-refractivity contribution in [3.05, 3.63) is 92.9 Å². The van der Waals surface area contributed by atoms with E-state index in [9.17, 15) is 9.59 Å². The molecule has 0 unspecified atom stereocenters. The molecule has 0 aliphatic carbocycles. The standard InChI is InChI=1S/C28H27BrN4O4/c1-28(2,3)27-32-22-14-13-19(29)15-21(22)26(35)33(27)30-16-18-9-8-12-23(36-4)25(18)37-17-24(34)31-20-10-6-5-7-11-20/h5-16H,17H2,1-4H3,(H,31,34). The van der Waals surface area contributed by atoms with Crippen molar-refractivity contribution < 1.29 is 14.3 Å². The number of halogens is 1. The van der Waals surface area contributed by atoms with Crippen LogP contribution in [0.5, 0.6) is 11.5 Å². The molecule has 1 heterocycles. The molecule has 9 heteroatoms. The molecule has 1 N–H and O–H groups in total. The predicted octanol–water partition coefficient (Wildman–Crippen LogP) is 5.36. The molecule has 37 heavy (non-hydrogen) atoms. The Hall–Kier alpha value is -3.98. The van der Waals surface area contributed by atoms with Gasteiger partial charge in [-0.2, -0.15) is 9.78 Å². The van der Waals surface area contributed by atoms with Crippen molar-refractivity contribution in [3.8, 4) is 11.5 Å².